The van der Waals surface area contributed by atoms with E-state index >= 15 is 0 Å². The largest absolute Gasteiger partial charge is 0.327 e. The number of nitrogens with zero attached hydrogens (tertiary/aromatic N) is 1. The molecule has 24 heavy (non-hydrogen) atoms. The van der Waals surface area contributed by atoms with E-state index in [1.807, 2.05) is 6.07 Å². The van der Waals surface area contributed by atoms with Gasteiger partial charge in [-0.15, -0.1) is 0 Å². The van der Waals surface area contributed by atoms with Gasteiger partial charge in [-0.2, -0.15) is 0 Å². The Balaban J connectivity index is 1.77. The van der Waals surface area contributed by atoms with Gasteiger partial charge in [-0.05, 0) is 37.1 Å². The molecule has 0 bridgehead atoms. The van der Waals surface area contributed by atoms with Gasteiger partial charge < -0.3 is 10.2 Å². The molecule has 3 rings (SSSR count). The quantitative estimate of drug-likeness (QED) is 0.939. The smallest absolute Gasteiger partial charge is 0.257 e. The monoisotopic (exact) mass is 330 g/mol. The summed E-state index contributed by atoms with van der Waals surface area (Å²) in [5, 5.41) is 2.76. The zero-order valence-electron chi connectivity index (χ0n) is 12.8. The second-order valence-corrected chi connectivity index (χ2v) is 5.64. The molecule has 1 saturated heterocycles. The molecule has 0 unspecified atom stereocenters. The van der Waals surface area contributed by atoms with E-state index in [0.29, 0.717) is 31.1 Å². The van der Waals surface area contributed by atoms with Crippen LogP contribution in [-0.4, -0.2) is 29.3 Å². The molecule has 0 spiro atoms. The molecule has 2 aromatic carbocycles. The molecular weight excluding hydrogens is 314 g/mol. The molecule has 0 aliphatic carbocycles. The molecule has 0 radical (unpaired) electrons. The van der Waals surface area contributed by atoms with Crippen LogP contribution in [0, 0.1) is 11.6 Å². The van der Waals surface area contributed by atoms with Gasteiger partial charge in [0.15, 0.2) is 0 Å². The lowest BCUT2D eigenvalue weighted by atomic mass is 10.1. The van der Waals surface area contributed by atoms with E-state index < -0.39 is 23.6 Å². The van der Waals surface area contributed by atoms with Crippen LogP contribution >= 0.6 is 0 Å². The Hall–Kier alpha value is -2.76. The second-order valence-electron chi connectivity index (χ2n) is 5.64. The molecule has 1 aliphatic rings. The summed E-state index contributed by atoms with van der Waals surface area (Å²) in [6, 6.07) is 11.1. The number of hydrogen-bond donors (Lipinski definition) is 1. The van der Waals surface area contributed by atoms with Crippen molar-refractivity contribution < 1.29 is 18.4 Å². The number of para-hydroxylation sites is 1. The summed E-state index contributed by atoms with van der Waals surface area (Å²) in [5.74, 6) is -2.58. The van der Waals surface area contributed by atoms with E-state index in [2.05, 4.69) is 5.32 Å². The highest BCUT2D eigenvalue weighted by Gasteiger charge is 2.35. The number of benzene rings is 2. The Morgan fingerprint density at radius 1 is 1.08 bits per heavy atom. The summed E-state index contributed by atoms with van der Waals surface area (Å²) in [6.07, 6.45) is 1.16. The van der Waals surface area contributed by atoms with Gasteiger partial charge in [0.05, 0.1) is 5.56 Å². The number of likely N-dealkylation sites (tertiary alicyclic amines) is 1. The minimum Gasteiger partial charge on any atom is -0.327 e. The standard InChI is InChI=1S/C18H16F2N2O2/c19-12-8-9-14(15(20)11-12)18(24)22-10-4-7-16(22)17(23)21-13-5-2-1-3-6-13/h1-3,5-6,8-9,11,16H,4,7,10H2,(H,21,23)/t16-/m0/s1. The number of carbonyl (C=O) groups is 2. The number of anilines is 1. The fourth-order valence-electron chi connectivity index (χ4n) is 2.85. The van der Waals surface area contributed by atoms with E-state index in [0.717, 1.165) is 12.1 Å². The molecule has 0 saturated carbocycles. The SMILES string of the molecule is O=C(Nc1ccccc1)[C@@H]1CCCN1C(=O)c1ccc(F)cc1F. The van der Waals surface area contributed by atoms with E-state index in [-0.39, 0.29) is 11.5 Å². The van der Waals surface area contributed by atoms with E-state index in [1.165, 1.54) is 4.90 Å². The Morgan fingerprint density at radius 2 is 1.83 bits per heavy atom. The summed E-state index contributed by atoms with van der Waals surface area (Å²) in [7, 11) is 0. The first kappa shape index (κ1) is 16.1. The van der Waals surface area contributed by atoms with Crippen LogP contribution in [0.1, 0.15) is 23.2 Å². The Morgan fingerprint density at radius 3 is 2.54 bits per heavy atom. The third kappa shape index (κ3) is 3.27. The van der Waals surface area contributed by atoms with Crippen molar-refractivity contribution in [1.82, 2.24) is 4.90 Å². The fraction of sp³-hybridized carbons (Fsp3) is 0.222. The first-order valence-electron chi connectivity index (χ1n) is 7.68. The molecular formula is C18H16F2N2O2. The molecule has 6 heteroatoms. The van der Waals surface area contributed by atoms with Crippen LogP contribution < -0.4 is 5.32 Å². The summed E-state index contributed by atoms with van der Waals surface area (Å²) in [4.78, 5) is 26.3. The number of hydrogen-bond acceptors (Lipinski definition) is 2. The van der Waals surface area contributed by atoms with E-state index in [1.54, 1.807) is 24.3 Å². The second kappa shape index (κ2) is 6.78. The Bertz CT molecular complexity index is 765. The van der Waals surface area contributed by atoms with Gasteiger partial charge in [-0.1, -0.05) is 18.2 Å². The summed E-state index contributed by atoms with van der Waals surface area (Å²) in [5.41, 5.74) is 0.408. The van der Waals surface area contributed by atoms with Gasteiger partial charge in [0.25, 0.3) is 5.91 Å². The fourth-order valence-corrected chi connectivity index (χ4v) is 2.85. The maximum Gasteiger partial charge on any atom is 0.257 e. The van der Waals surface area contributed by atoms with Crippen molar-refractivity contribution in [2.45, 2.75) is 18.9 Å². The van der Waals surface area contributed by atoms with Crippen molar-refractivity contribution in [2.75, 3.05) is 11.9 Å². The van der Waals surface area contributed by atoms with Crippen LogP contribution in [0.4, 0.5) is 14.5 Å². The Kier molecular flexibility index (Phi) is 4.55. The van der Waals surface area contributed by atoms with Gasteiger partial charge in [-0.25, -0.2) is 8.78 Å². The predicted octanol–water partition coefficient (Wildman–Crippen LogP) is 3.21. The molecule has 2 aromatic rings. The number of nitrogens with one attached hydrogen (secondary N) is 1. The number of carbonyl (C=O) groups excluding carboxylic acids is 2. The lowest BCUT2D eigenvalue weighted by Gasteiger charge is -2.24. The highest BCUT2D eigenvalue weighted by atomic mass is 19.1. The van der Waals surface area contributed by atoms with Crippen LogP contribution in [0.25, 0.3) is 0 Å². The third-order valence-electron chi connectivity index (χ3n) is 4.02. The average molecular weight is 330 g/mol. The van der Waals surface area contributed by atoms with Gasteiger partial charge in [-0.3, -0.25) is 9.59 Å². The highest BCUT2D eigenvalue weighted by molar-refractivity contribution is 6.01. The number of amides is 2. The predicted molar refractivity (Wildman–Crippen MR) is 85.5 cm³/mol. The van der Waals surface area contributed by atoms with Crippen molar-refractivity contribution in [2.24, 2.45) is 0 Å². The van der Waals surface area contributed by atoms with Gasteiger partial charge >= 0.3 is 0 Å². The van der Waals surface area contributed by atoms with Gasteiger partial charge in [0, 0.05) is 18.3 Å². The zero-order chi connectivity index (χ0) is 17.1. The van der Waals surface area contributed by atoms with Crippen LogP contribution in [0.15, 0.2) is 48.5 Å². The number of halogens is 2. The summed E-state index contributed by atoms with van der Waals surface area (Å²) >= 11 is 0. The maximum atomic E-state index is 13.8. The topological polar surface area (TPSA) is 49.4 Å². The molecule has 1 fully saturated rings. The average Bonchev–Trinajstić information content (AvgIpc) is 3.05. The van der Waals surface area contributed by atoms with Gasteiger partial charge in [0.1, 0.15) is 17.7 Å². The molecule has 0 aromatic heterocycles. The third-order valence-corrected chi connectivity index (χ3v) is 4.02. The van der Waals surface area contributed by atoms with Gasteiger partial charge in [0.2, 0.25) is 5.91 Å². The van der Waals surface area contributed by atoms with Crippen LogP contribution in [0.5, 0.6) is 0 Å². The molecule has 4 nitrogen and oxygen atoms in total. The number of rotatable bonds is 3. The minimum atomic E-state index is -0.922. The molecule has 1 aliphatic heterocycles. The summed E-state index contributed by atoms with van der Waals surface area (Å²) < 4.78 is 26.8. The van der Waals surface area contributed by atoms with E-state index in [9.17, 15) is 18.4 Å². The molecule has 1 atom stereocenters. The Labute approximate surface area is 138 Å². The molecule has 2 amide bonds. The van der Waals surface area contributed by atoms with Crippen LogP contribution in [0.3, 0.4) is 0 Å². The zero-order valence-corrected chi connectivity index (χ0v) is 12.8. The first-order chi connectivity index (χ1) is 11.6. The van der Waals surface area contributed by atoms with Crippen molar-refractivity contribution in [1.29, 1.82) is 0 Å². The van der Waals surface area contributed by atoms with Crippen LogP contribution in [-0.2, 0) is 4.79 Å². The maximum absolute atomic E-state index is 13.8. The lowest BCUT2D eigenvalue weighted by molar-refractivity contribution is -0.119. The van der Waals surface area contributed by atoms with Crippen molar-refractivity contribution in [3.63, 3.8) is 0 Å². The van der Waals surface area contributed by atoms with Crippen molar-refractivity contribution in [3.8, 4) is 0 Å². The minimum absolute atomic E-state index is 0.226. The molecule has 124 valence electrons. The lowest BCUT2D eigenvalue weighted by Crippen LogP contribution is -2.43. The van der Waals surface area contributed by atoms with Crippen molar-refractivity contribution >= 4 is 17.5 Å². The normalized spacial score (nSPS) is 16.9. The van der Waals surface area contributed by atoms with Crippen molar-refractivity contribution in [3.05, 3.63) is 65.7 Å². The molecule has 1 heterocycles. The summed E-state index contributed by atoms with van der Waals surface area (Å²) in [6.45, 7) is 0.364. The van der Waals surface area contributed by atoms with E-state index in [4.69, 9.17) is 0 Å². The van der Waals surface area contributed by atoms with Crippen LogP contribution in [0.2, 0.25) is 0 Å². The highest BCUT2D eigenvalue weighted by Crippen LogP contribution is 2.23. The first-order valence-corrected chi connectivity index (χ1v) is 7.68. The molecule has 1 N–H and O–H groups in total.